The molecule has 2 rings (SSSR count). The van der Waals surface area contributed by atoms with Gasteiger partial charge in [0.25, 0.3) is 0 Å². The molecule has 3 nitrogen and oxygen atoms in total. The summed E-state index contributed by atoms with van der Waals surface area (Å²) in [5, 5.41) is 20.4. The SMILES string of the molecule is CC(c1cc(C(C)(C)C)c(O)c(C(C)(C)C)c1)[Si](C)(C)c1ccccc1.CCCC(=O)O. The second-order valence-electron chi connectivity index (χ2n) is 11.4. The average Bonchev–Trinajstić information content (AvgIpc) is 2.67. The number of carboxylic acids is 1. The molecule has 0 aliphatic rings. The third-order valence-electron chi connectivity index (χ3n) is 6.31. The summed E-state index contributed by atoms with van der Waals surface area (Å²) in [6.45, 7) is 22.2. The lowest BCUT2D eigenvalue weighted by atomic mass is 9.78. The van der Waals surface area contributed by atoms with Gasteiger partial charge in [0, 0.05) is 6.42 Å². The lowest BCUT2D eigenvalue weighted by Gasteiger charge is -2.34. The number of phenols is 1. The minimum Gasteiger partial charge on any atom is -0.507 e. The van der Waals surface area contributed by atoms with Gasteiger partial charge in [0.05, 0.1) is 8.07 Å². The van der Waals surface area contributed by atoms with Gasteiger partial charge < -0.3 is 10.2 Å². The predicted octanol–water partition coefficient (Wildman–Crippen LogP) is 7.12. The highest BCUT2D eigenvalue weighted by Crippen LogP contribution is 2.42. The second-order valence-corrected chi connectivity index (χ2v) is 16.3. The van der Waals surface area contributed by atoms with Gasteiger partial charge in [-0.05, 0) is 39.5 Å². The molecule has 0 fully saturated rings. The molecule has 0 bridgehead atoms. The van der Waals surface area contributed by atoms with Crippen molar-refractivity contribution in [3.05, 3.63) is 59.2 Å². The molecule has 2 aromatic carbocycles. The Hall–Kier alpha value is -2.07. The molecule has 0 aromatic heterocycles. The fraction of sp³-hybridized carbons (Fsp3) is 0.536. The van der Waals surface area contributed by atoms with E-state index in [1.54, 1.807) is 0 Å². The van der Waals surface area contributed by atoms with Crippen LogP contribution >= 0.6 is 0 Å². The largest absolute Gasteiger partial charge is 0.507 e. The van der Waals surface area contributed by atoms with Gasteiger partial charge in [-0.1, -0.05) is 116 Å². The van der Waals surface area contributed by atoms with Crippen LogP contribution in [0.1, 0.15) is 90.5 Å². The lowest BCUT2D eigenvalue weighted by Crippen LogP contribution is -2.46. The van der Waals surface area contributed by atoms with E-state index < -0.39 is 14.0 Å². The summed E-state index contributed by atoms with van der Waals surface area (Å²) in [5.74, 6) is -0.238. The van der Waals surface area contributed by atoms with Crippen molar-refractivity contribution in [2.45, 2.75) is 97.7 Å². The van der Waals surface area contributed by atoms with E-state index in [-0.39, 0.29) is 10.8 Å². The molecule has 2 N–H and O–H groups in total. The highest BCUT2D eigenvalue weighted by Gasteiger charge is 2.34. The molecule has 0 saturated heterocycles. The molecule has 0 aliphatic heterocycles. The Morgan fingerprint density at radius 2 is 1.38 bits per heavy atom. The Morgan fingerprint density at radius 1 is 0.938 bits per heavy atom. The molecule has 1 atom stereocenters. The molecule has 0 amide bonds. The average molecular weight is 457 g/mol. The molecular formula is C28H44O3Si. The topological polar surface area (TPSA) is 57.5 Å². The van der Waals surface area contributed by atoms with E-state index in [1.807, 2.05) is 6.92 Å². The first-order valence-electron chi connectivity index (χ1n) is 11.7. The molecule has 0 radical (unpaired) electrons. The maximum absolute atomic E-state index is 11.0. The number of aromatic hydroxyl groups is 1. The normalized spacial score (nSPS) is 13.2. The smallest absolute Gasteiger partial charge is 0.303 e. The summed E-state index contributed by atoms with van der Waals surface area (Å²) in [4.78, 5) is 9.60. The van der Waals surface area contributed by atoms with Crippen molar-refractivity contribution in [2.75, 3.05) is 0 Å². The third kappa shape index (κ3) is 7.23. The van der Waals surface area contributed by atoms with Crippen molar-refractivity contribution in [2.24, 2.45) is 0 Å². The molecule has 0 heterocycles. The first-order valence-corrected chi connectivity index (χ1v) is 14.8. The molecule has 0 spiro atoms. The fourth-order valence-corrected chi connectivity index (χ4v) is 6.35. The van der Waals surface area contributed by atoms with E-state index >= 15 is 0 Å². The summed E-state index contributed by atoms with van der Waals surface area (Å²) < 4.78 is 0. The van der Waals surface area contributed by atoms with E-state index in [4.69, 9.17) is 5.11 Å². The van der Waals surface area contributed by atoms with Crippen LogP contribution in [0, 0.1) is 0 Å². The number of aliphatic carboxylic acids is 1. The number of hydrogen-bond acceptors (Lipinski definition) is 2. The zero-order valence-corrected chi connectivity index (χ0v) is 22.8. The number of phenolic OH excluding ortho intramolecular Hbond substituents is 1. The molecule has 4 heteroatoms. The molecule has 32 heavy (non-hydrogen) atoms. The lowest BCUT2D eigenvalue weighted by molar-refractivity contribution is -0.137. The summed E-state index contributed by atoms with van der Waals surface area (Å²) in [7, 11) is -1.69. The number of benzene rings is 2. The number of rotatable bonds is 5. The summed E-state index contributed by atoms with van der Waals surface area (Å²) >= 11 is 0. The van der Waals surface area contributed by atoms with Crippen molar-refractivity contribution < 1.29 is 15.0 Å². The van der Waals surface area contributed by atoms with Gasteiger partial charge in [-0.15, -0.1) is 0 Å². The van der Waals surface area contributed by atoms with Crippen molar-refractivity contribution in [1.82, 2.24) is 0 Å². The zero-order chi connectivity index (χ0) is 24.9. The van der Waals surface area contributed by atoms with Gasteiger partial charge in [0.15, 0.2) is 0 Å². The van der Waals surface area contributed by atoms with E-state index in [1.165, 1.54) is 10.8 Å². The van der Waals surface area contributed by atoms with Gasteiger partial charge >= 0.3 is 5.97 Å². The summed E-state index contributed by atoms with van der Waals surface area (Å²) in [6.07, 6.45) is 1.02. The van der Waals surface area contributed by atoms with Crippen molar-refractivity contribution in [3.63, 3.8) is 0 Å². The molecule has 2 aromatic rings. The number of hydrogen-bond donors (Lipinski definition) is 2. The molecule has 0 aliphatic carbocycles. The van der Waals surface area contributed by atoms with Gasteiger partial charge in [-0.3, -0.25) is 4.79 Å². The monoisotopic (exact) mass is 456 g/mol. The van der Waals surface area contributed by atoms with E-state index in [2.05, 4.69) is 104 Å². The van der Waals surface area contributed by atoms with Crippen molar-refractivity contribution >= 4 is 19.2 Å². The first-order chi connectivity index (χ1) is 14.5. The molecule has 1 unspecified atom stereocenters. The van der Waals surface area contributed by atoms with Crippen LogP contribution in [0.3, 0.4) is 0 Å². The predicted molar refractivity (Wildman–Crippen MR) is 140 cm³/mol. The first kappa shape index (κ1) is 28.0. The van der Waals surface area contributed by atoms with Crippen LogP contribution < -0.4 is 5.19 Å². The highest BCUT2D eigenvalue weighted by molar-refractivity contribution is 6.90. The quantitative estimate of drug-likeness (QED) is 0.471. The molecule has 0 saturated carbocycles. The summed E-state index contributed by atoms with van der Waals surface area (Å²) in [5.41, 5.74) is 3.77. The van der Waals surface area contributed by atoms with Gasteiger partial charge in [0.2, 0.25) is 0 Å². The van der Waals surface area contributed by atoms with Crippen molar-refractivity contribution in [3.8, 4) is 5.75 Å². The van der Waals surface area contributed by atoms with Crippen LogP contribution in [0.15, 0.2) is 42.5 Å². The molecular weight excluding hydrogens is 412 g/mol. The van der Waals surface area contributed by atoms with E-state index in [9.17, 15) is 9.90 Å². The Labute approximate surface area is 196 Å². The van der Waals surface area contributed by atoms with Crippen LogP contribution in [-0.2, 0) is 15.6 Å². The van der Waals surface area contributed by atoms with Gasteiger partial charge in [-0.2, -0.15) is 0 Å². The summed E-state index contributed by atoms with van der Waals surface area (Å²) in [6, 6.07) is 15.5. The van der Waals surface area contributed by atoms with E-state index in [0.717, 1.165) is 17.5 Å². The number of carbonyl (C=O) groups is 1. The minimum atomic E-state index is -1.69. The standard InChI is InChI=1S/C24H36OSi.C4H8O2/c1-17(26(8,9)19-13-11-10-12-14-19)18-15-20(23(2,3)4)22(25)21(16-18)24(5,6)7;1-2-3-4(5)6/h10-17,25H,1-9H3;2-3H2,1H3,(H,5,6). The Kier molecular flexibility index (Phi) is 9.35. The van der Waals surface area contributed by atoms with Gasteiger partial charge in [0.1, 0.15) is 5.75 Å². The van der Waals surface area contributed by atoms with Crippen LogP contribution in [0.4, 0.5) is 0 Å². The molecule has 178 valence electrons. The van der Waals surface area contributed by atoms with Gasteiger partial charge in [-0.25, -0.2) is 0 Å². The van der Waals surface area contributed by atoms with E-state index in [0.29, 0.717) is 17.7 Å². The Morgan fingerprint density at radius 3 is 1.69 bits per heavy atom. The van der Waals surface area contributed by atoms with Crippen molar-refractivity contribution in [1.29, 1.82) is 0 Å². The Bertz CT molecular complexity index is 852. The van der Waals surface area contributed by atoms with Crippen LogP contribution in [0.2, 0.25) is 13.1 Å². The maximum Gasteiger partial charge on any atom is 0.303 e. The fourth-order valence-electron chi connectivity index (χ4n) is 3.80. The van der Waals surface area contributed by atoms with Crippen LogP contribution in [0.5, 0.6) is 5.75 Å². The van der Waals surface area contributed by atoms with Crippen LogP contribution in [0.25, 0.3) is 0 Å². The third-order valence-corrected chi connectivity index (χ3v) is 10.6. The number of carboxylic acid groups (broad SMARTS) is 1. The Balaban J connectivity index is 0.000000751. The minimum absolute atomic E-state index is 0.0851. The van der Waals surface area contributed by atoms with Crippen LogP contribution in [-0.4, -0.2) is 24.3 Å². The maximum atomic E-state index is 11.0. The second kappa shape index (κ2) is 10.7. The zero-order valence-electron chi connectivity index (χ0n) is 21.8. The highest BCUT2D eigenvalue weighted by atomic mass is 28.3.